The Labute approximate surface area is 204 Å². The van der Waals surface area contributed by atoms with Gasteiger partial charge in [0.25, 0.3) is 5.56 Å². The van der Waals surface area contributed by atoms with Gasteiger partial charge in [-0.05, 0) is 24.6 Å². The minimum Gasteiger partial charge on any atom is -0.368 e. The minimum atomic E-state index is -0.712. The fourth-order valence-electron chi connectivity index (χ4n) is 3.92. The molecule has 2 aromatic carbocycles. The third-order valence-electron chi connectivity index (χ3n) is 5.49. The number of aryl methyl sites for hydroxylation is 1. The number of anilines is 2. The number of H-pyrrole nitrogens is 1. The van der Waals surface area contributed by atoms with Gasteiger partial charge in [-0.3, -0.25) is 9.89 Å². The van der Waals surface area contributed by atoms with Gasteiger partial charge in [-0.2, -0.15) is 15.3 Å². The smallest absolute Gasteiger partial charge is 0.268 e. The summed E-state index contributed by atoms with van der Waals surface area (Å²) in [5, 5.41) is 20.4. The SMILES string of the molecule is Cc1nc(N)nc(NC(c2ccccc2)c2nc3cccc(Cl)c3c(=O)n2-c2ccn[nH]2)c1C#N. The first kappa shape index (κ1) is 22.1. The van der Waals surface area contributed by atoms with Crippen molar-refractivity contribution in [2.24, 2.45) is 0 Å². The third kappa shape index (κ3) is 3.94. The van der Waals surface area contributed by atoms with Crippen molar-refractivity contribution in [1.29, 1.82) is 5.26 Å². The van der Waals surface area contributed by atoms with Crippen LogP contribution in [0, 0.1) is 18.3 Å². The molecule has 0 saturated heterocycles. The lowest BCUT2D eigenvalue weighted by Gasteiger charge is -2.23. The summed E-state index contributed by atoms with van der Waals surface area (Å²) >= 11 is 6.39. The van der Waals surface area contributed by atoms with E-state index in [1.165, 1.54) is 10.8 Å². The van der Waals surface area contributed by atoms with E-state index < -0.39 is 6.04 Å². The second-order valence-electron chi connectivity index (χ2n) is 7.68. The van der Waals surface area contributed by atoms with Gasteiger partial charge in [0.2, 0.25) is 5.95 Å². The van der Waals surface area contributed by atoms with Crippen molar-refractivity contribution >= 4 is 34.3 Å². The van der Waals surface area contributed by atoms with Crippen molar-refractivity contribution in [3.63, 3.8) is 0 Å². The molecule has 0 amide bonds. The number of fused-ring (bicyclic) bond motifs is 1. The Hall–Kier alpha value is -4.75. The van der Waals surface area contributed by atoms with Gasteiger partial charge in [-0.1, -0.05) is 48.0 Å². The molecule has 0 radical (unpaired) electrons. The van der Waals surface area contributed by atoms with Crippen molar-refractivity contribution in [3.8, 4) is 11.9 Å². The topological polar surface area (TPSA) is 151 Å². The summed E-state index contributed by atoms with van der Waals surface area (Å²) in [6.07, 6.45) is 1.54. The van der Waals surface area contributed by atoms with E-state index in [1.54, 1.807) is 31.2 Å². The average molecular weight is 484 g/mol. The standard InChI is InChI=1S/C24H18ClN9O/c1-13-15(12-26)21(32-24(27)29-13)31-20(14-6-3-2-4-7-14)22-30-17-9-5-8-16(25)19(17)23(35)34(22)18-10-11-28-33-18/h2-11,20H,1H3,(H,28,33)(H3,27,29,31,32). The van der Waals surface area contributed by atoms with E-state index >= 15 is 0 Å². The van der Waals surface area contributed by atoms with Crippen LogP contribution in [0.4, 0.5) is 11.8 Å². The van der Waals surface area contributed by atoms with Crippen LogP contribution < -0.4 is 16.6 Å². The Bertz CT molecular complexity index is 1640. The molecule has 0 spiro atoms. The zero-order valence-corrected chi connectivity index (χ0v) is 19.2. The molecule has 11 heteroatoms. The normalized spacial score (nSPS) is 11.8. The van der Waals surface area contributed by atoms with Gasteiger partial charge < -0.3 is 11.1 Å². The van der Waals surface area contributed by atoms with E-state index in [2.05, 4.69) is 31.6 Å². The molecule has 4 N–H and O–H groups in total. The molecule has 1 unspecified atom stereocenters. The summed E-state index contributed by atoms with van der Waals surface area (Å²) in [5.74, 6) is 0.975. The van der Waals surface area contributed by atoms with E-state index in [9.17, 15) is 10.1 Å². The van der Waals surface area contributed by atoms with Crippen molar-refractivity contribution in [1.82, 2.24) is 29.7 Å². The van der Waals surface area contributed by atoms with Gasteiger partial charge in [-0.15, -0.1) is 0 Å². The second kappa shape index (κ2) is 8.89. The lowest BCUT2D eigenvalue weighted by Crippen LogP contribution is -2.29. The van der Waals surface area contributed by atoms with Crippen molar-refractivity contribution in [2.75, 3.05) is 11.1 Å². The van der Waals surface area contributed by atoms with Crippen LogP contribution in [0.25, 0.3) is 16.7 Å². The third-order valence-corrected chi connectivity index (χ3v) is 5.81. The Morgan fingerprint density at radius 2 is 1.91 bits per heavy atom. The Kier molecular flexibility index (Phi) is 5.60. The lowest BCUT2D eigenvalue weighted by atomic mass is 10.0. The summed E-state index contributed by atoms with van der Waals surface area (Å²) in [4.78, 5) is 26.9. The first-order valence-electron chi connectivity index (χ1n) is 10.5. The lowest BCUT2D eigenvalue weighted by molar-refractivity contribution is 0.745. The van der Waals surface area contributed by atoms with Gasteiger partial charge in [-0.25, -0.2) is 14.5 Å². The van der Waals surface area contributed by atoms with Crippen LogP contribution in [-0.4, -0.2) is 29.7 Å². The van der Waals surface area contributed by atoms with Crippen molar-refractivity contribution in [2.45, 2.75) is 13.0 Å². The number of rotatable bonds is 5. The van der Waals surface area contributed by atoms with E-state index in [1.807, 2.05) is 30.3 Å². The van der Waals surface area contributed by atoms with Gasteiger partial charge in [0.1, 0.15) is 29.3 Å². The van der Waals surface area contributed by atoms with Gasteiger partial charge in [0, 0.05) is 6.07 Å². The zero-order valence-electron chi connectivity index (χ0n) is 18.4. The summed E-state index contributed by atoms with van der Waals surface area (Å²) < 4.78 is 1.41. The zero-order chi connectivity index (χ0) is 24.5. The number of benzene rings is 2. The van der Waals surface area contributed by atoms with Crippen molar-refractivity contribution in [3.05, 3.63) is 98.8 Å². The summed E-state index contributed by atoms with van der Waals surface area (Å²) in [6, 6.07) is 17.5. The minimum absolute atomic E-state index is 0.0139. The molecular weight excluding hydrogens is 466 g/mol. The molecular formula is C24H18ClN9O. The number of nitrogen functional groups attached to an aromatic ring is 1. The maximum absolute atomic E-state index is 13.8. The van der Waals surface area contributed by atoms with Crippen LogP contribution in [0.3, 0.4) is 0 Å². The predicted molar refractivity (Wildman–Crippen MR) is 132 cm³/mol. The molecule has 0 aliphatic rings. The molecule has 0 aliphatic carbocycles. The number of nitriles is 1. The van der Waals surface area contributed by atoms with Crippen LogP contribution in [0.1, 0.15) is 28.7 Å². The van der Waals surface area contributed by atoms with E-state index in [0.29, 0.717) is 22.9 Å². The van der Waals surface area contributed by atoms with Crippen molar-refractivity contribution < 1.29 is 0 Å². The van der Waals surface area contributed by atoms with Gasteiger partial charge in [0.15, 0.2) is 5.82 Å². The van der Waals surface area contributed by atoms with Crippen LogP contribution >= 0.6 is 11.6 Å². The second-order valence-corrected chi connectivity index (χ2v) is 8.08. The van der Waals surface area contributed by atoms with Gasteiger partial charge >= 0.3 is 0 Å². The molecule has 1 atom stereocenters. The molecule has 0 fully saturated rings. The summed E-state index contributed by atoms with van der Waals surface area (Å²) in [5.41, 5.74) is 7.38. The molecule has 5 rings (SSSR count). The van der Waals surface area contributed by atoms with Crippen LogP contribution in [-0.2, 0) is 0 Å². The molecule has 5 aromatic rings. The molecule has 10 nitrogen and oxygen atoms in total. The number of hydrogen-bond acceptors (Lipinski definition) is 8. The number of aromatic nitrogens is 6. The van der Waals surface area contributed by atoms with Crippen LogP contribution in [0.2, 0.25) is 5.02 Å². The fourth-order valence-corrected chi connectivity index (χ4v) is 4.17. The van der Waals surface area contributed by atoms with Gasteiger partial charge in [0.05, 0.1) is 27.8 Å². The number of halogens is 1. The fraction of sp³-hybridized carbons (Fsp3) is 0.0833. The van der Waals surface area contributed by atoms with Crippen LogP contribution in [0.15, 0.2) is 65.6 Å². The van der Waals surface area contributed by atoms with E-state index in [0.717, 1.165) is 5.56 Å². The largest absolute Gasteiger partial charge is 0.368 e. The van der Waals surface area contributed by atoms with E-state index in [4.69, 9.17) is 22.3 Å². The predicted octanol–water partition coefficient (Wildman–Crippen LogP) is 3.52. The monoisotopic (exact) mass is 483 g/mol. The molecule has 3 aromatic heterocycles. The average Bonchev–Trinajstić information content (AvgIpc) is 3.37. The highest BCUT2D eigenvalue weighted by molar-refractivity contribution is 6.35. The number of hydrogen-bond donors (Lipinski definition) is 3. The summed E-state index contributed by atoms with van der Waals surface area (Å²) in [6.45, 7) is 1.68. The Morgan fingerprint density at radius 3 is 2.63 bits per heavy atom. The number of nitrogens with one attached hydrogen (secondary N) is 2. The maximum Gasteiger partial charge on any atom is 0.268 e. The quantitative estimate of drug-likeness (QED) is 0.343. The number of nitrogens with two attached hydrogens (primary N) is 1. The number of nitrogens with zero attached hydrogens (tertiary/aromatic N) is 6. The summed E-state index contributed by atoms with van der Waals surface area (Å²) in [7, 11) is 0. The highest BCUT2D eigenvalue weighted by atomic mass is 35.5. The number of aromatic amines is 1. The van der Waals surface area contributed by atoms with E-state index in [-0.39, 0.29) is 33.3 Å². The highest BCUT2D eigenvalue weighted by Crippen LogP contribution is 2.30. The first-order chi connectivity index (χ1) is 17.0. The molecule has 3 heterocycles. The molecule has 0 bridgehead atoms. The first-order valence-corrected chi connectivity index (χ1v) is 10.9. The maximum atomic E-state index is 13.8. The molecule has 172 valence electrons. The highest BCUT2D eigenvalue weighted by Gasteiger charge is 2.26. The molecule has 0 aliphatic heterocycles. The van der Waals surface area contributed by atoms with Crippen LogP contribution in [0.5, 0.6) is 0 Å². The molecule has 35 heavy (non-hydrogen) atoms. The Morgan fingerprint density at radius 1 is 1.11 bits per heavy atom. The Balaban J connectivity index is 1.83. The molecule has 0 saturated carbocycles.